The molecule has 0 fully saturated rings. The number of hydrogen-bond donors (Lipinski definition) is 1. The number of fused-ring (bicyclic) bond motifs is 4. The molecule has 4 aromatic rings. The van der Waals surface area contributed by atoms with Crippen LogP contribution in [0.1, 0.15) is 16.7 Å². The van der Waals surface area contributed by atoms with E-state index >= 15 is 0 Å². The topological polar surface area (TPSA) is 95.5 Å². The van der Waals surface area contributed by atoms with Crippen LogP contribution in [0.15, 0.2) is 78.4 Å². The number of pyridine rings is 3. The largest absolute Gasteiger partial charge is 0.462 e. The van der Waals surface area contributed by atoms with E-state index in [0.717, 1.165) is 39.1 Å². The smallest absolute Gasteiger partial charge is 0.283 e. The average Bonchev–Trinajstić information content (AvgIpc) is 3.22. The van der Waals surface area contributed by atoms with Crippen LogP contribution < -0.4 is 10.5 Å². The van der Waals surface area contributed by atoms with Gasteiger partial charge in [0.15, 0.2) is 11.3 Å². The third-order valence-corrected chi connectivity index (χ3v) is 5.87. The Morgan fingerprint density at radius 1 is 0.844 bits per heavy atom. The van der Waals surface area contributed by atoms with Crippen molar-refractivity contribution >= 4 is 6.02 Å². The van der Waals surface area contributed by atoms with Crippen LogP contribution in [0.25, 0.3) is 22.4 Å². The zero-order chi connectivity index (χ0) is 21.7. The number of amidine groups is 1. The van der Waals surface area contributed by atoms with Crippen LogP contribution in [0, 0.1) is 6.92 Å². The average molecular weight is 421 g/mol. The summed E-state index contributed by atoms with van der Waals surface area (Å²) >= 11 is 0. The summed E-state index contributed by atoms with van der Waals surface area (Å²) in [6.45, 7) is 2.32. The van der Waals surface area contributed by atoms with Crippen LogP contribution in [0.3, 0.4) is 0 Å². The van der Waals surface area contributed by atoms with Gasteiger partial charge in [-0.1, -0.05) is 6.07 Å². The number of aromatic nitrogens is 3. The zero-order valence-electron chi connectivity index (χ0n) is 17.3. The van der Waals surface area contributed by atoms with Gasteiger partial charge < -0.3 is 15.2 Å². The predicted molar refractivity (Wildman–Crippen MR) is 120 cm³/mol. The maximum absolute atomic E-state index is 6.25. The Morgan fingerprint density at radius 3 is 2.47 bits per heavy atom. The van der Waals surface area contributed by atoms with Gasteiger partial charge in [0, 0.05) is 47.0 Å². The first-order valence-corrected chi connectivity index (χ1v) is 10.3. The molecule has 0 saturated heterocycles. The minimum absolute atomic E-state index is 0.161. The van der Waals surface area contributed by atoms with Gasteiger partial charge in [-0.05, 0) is 54.4 Å². The number of hydrogen-bond acceptors (Lipinski definition) is 7. The first-order valence-electron chi connectivity index (χ1n) is 10.3. The van der Waals surface area contributed by atoms with Gasteiger partial charge in [0.1, 0.15) is 12.4 Å². The van der Waals surface area contributed by atoms with E-state index in [0.29, 0.717) is 11.5 Å². The lowest BCUT2D eigenvalue weighted by Crippen LogP contribution is -2.31. The number of ether oxygens (including phenoxy) is 2. The van der Waals surface area contributed by atoms with E-state index < -0.39 is 5.54 Å². The first-order chi connectivity index (χ1) is 15.6. The van der Waals surface area contributed by atoms with Crippen LogP contribution in [0.5, 0.6) is 11.5 Å². The van der Waals surface area contributed by atoms with E-state index in [2.05, 4.69) is 27.1 Å². The Bertz CT molecular complexity index is 1390. The van der Waals surface area contributed by atoms with E-state index in [1.54, 1.807) is 18.6 Å². The highest BCUT2D eigenvalue weighted by Crippen LogP contribution is 2.52. The number of benzene rings is 1. The fourth-order valence-electron chi connectivity index (χ4n) is 4.33. The van der Waals surface area contributed by atoms with Crippen molar-refractivity contribution in [2.24, 2.45) is 10.7 Å². The fourth-order valence-corrected chi connectivity index (χ4v) is 4.33. The number of rotatable bonds is 2. The summed E-state index contributed by atoms with van der Waals surface area (Å²) in [6.07, 6.45) is 8.92. The van der Waals surface area contributed by atoms with E-state index in [-0.39, 0.29) is 12.6 Å². The molecule has 0 saturated carbocycles. The molecule has 2 aliphatic rings. The van der Waals surface area contributed by atoms with Crippen LogP contribution in [0.4, 0.5) is 0 Å². The van der Waals surface area contributed by atoms with Gasteiger partial charge in [-0.3, -0.25) is 15.0 Å². The van der Waals surface area contributed by atoms with Crippen LogP contribution in [-0.2, 0) is 10.3 Å². The Hall–Kier alpha value is -4.26. The third-order valence-electron chi connectivity index (χ3n) is 5.87. The molecule has 1 spiro atoms. The van der Waals surface area contributed by atoms with Gasteiger partial charge in [0.05, 0.1) is 11.9 Å². The summed E-state index contributed by atoms with van der Waals surface area (Å²) in [5.41, 5.74) is 11.9. The second-order valence-corrected chi connectivity index (χ2v) is 7.96. The molecule has 156 valence electrons. The lowest BCUT2D eigenvalue weighted by molar-refractivity contribution is 0.264. The van der Waals surface area contributed by atoms with Crippen LogP contribution in [-0.4, -0.2) is 27.6 Å². The highest BCUT2D eigenvalue weighted by molar-refractivity contribution is 5.78. The molecule has 2 N–H and O–H groups in total. The van der Waals surface area contributed by atoms with E-state index in [1.807, 2.05) is 49.6 Å². The molecule has 32 heavy (non-hydrogen) atoms. The van der Waals surface area contributed by atoms with Gasteiger partial charge in [-0.15, -0.1) is 0 Å². The number of aliphatic imine (C=N–C) groups is 1. The van der Waals surface area contributed by atoms with Gasteiger partial charge in [0.25, 0.3) is 6.02 Å². The Labute approximate surface area is 184 Å². The summed E-state index contributed by atoms with van der Waals surface area (Å²) in [4.78, 5) is 17.8. The van der Waals surface area contributed by atoms with Crippen molar-refractivity contribution in [2.45, 2.75) is 12.5 Å². The van der Waals surface area contributed by atoms with E-state index in [1.165, 1.54) is 0 Å². The zero-order valence-corrected chi connectivity index (χ0v) is 17.3. The number of nitrogens with zero attached hydrogens (tertiary/aromatic N) is 4. The summed E-state index contributed by atoms with van der Waals surface area (Å²) in [6, 6.07) is 14.2. The van der Waals surface area contributed by atoms with Crippen molar-refractivity contribution in [1.29, 1.82) is 0 Å². The van der Waals surface area contributed by atoms with Gasteiger partial charge in [0.2, 0.25) is 0 Å². The van der Waals surface area contributed by atoms with Crippen molar-refractivity contribution in [3.05, 3.63) is 90.1 Å². The first kappa shape index (κ1) is 18.5. The van der Waals surface area contributed by atoms with Crippen molar-refractivity contribution < 1.29 is 9.47 Å². The van der Waals surface area contributed by atoms with Crippen LogP contribution >= 0.6 is 0 Å². The van der Waals surface area contributed by atoms with Crippen molar-refractivity contribution in [3.8, 4) is 33.9 Å². The molecule has 0 bridgehead atoms. The quantitative estimate of drug-likeness (QED) is 0.521. The Kier molecular flexibility index (Phi) is 3.98. The lowest BCUT2D eigenvalue weighted by atomic mass is 9.80. The second kappa shape index (κ2) is 6.88. The van der Waals surface area contributed by atoms with Crippen molar-refractivity contribution in [3.63, 3.8) is 0 Å². The molecule has 0 radical (unpaired) electrons. The highest BCUT2D eigenvalue weighted by atomic mass is 16.5. The van der Waals surface area contributed by atoms with Crippen molar-refractivity contribution in [2.75, 3.05) is 6.61 Å². The highest BCUT2D eigenvalue weighted by Gasteiger charge is 2.47. The minimum Gasteiger partial charge on any atom is -0.462 e. The third kappa shape index (κ3) is 2.82. The van der Waals surface area contributed by atoms with Crippen LogP contribution in [0.2, 0.25) is 0 Å². The Balaban J connectivity index is 1.55. The fraction of sp³-hybridized carbons (Fsp3) is 0.120. The molecule has 1 atom stereocenters. The second-order valence-electron chi connectivity index (χ2n) is 7.96. The maximum Gasteiger partial charge on any atom is 0.283 e. The molecule has 2 aliphatic heterocycles. The molecule has 7 nitrogen and oxygen atoms in total. The number of nitrogens with two attached hydrogens (primary N) is 1. The summed E-state index contributed by atoms with van der Waals surface area (Å²) in [7, 11) is 0. The monoisotopic (exact) mass is 421 g/mol. The standard InChI is InChI=1S/C25H19N5O2/c1-15-8-18(12-28-11-15)17-2-3-22-19(9-17)25(14-31-24(26)30-25)20-10-21(29-13-23(20)32-22)16-4-6-27-7-5-16/h2-13H,14H2,1H3,(H2,26,30)/t25-/m0/s1. The maximum atomic E-state index is 6.25. The normalized spacial score (nSPS) is 18.3. The van der Waals surface area contributed by atoms with Gasteiger partial charge >= 0.3 is 0 Å². The molecule has 0 aliphatic carbocycles. The molecule has 3 aromatic heterocycles. The van der Waals surface area contributed by atoms with E-state index in [4.69, 9.17) is 20.2 Å². The Morgan fingerprint density at radius 2 is 1.69 bits per heavy atom. The van der Waals surface area contributed by atoms with Crippen molar-refractivity contribution in [1.82, 2.24) is 15.0 Å². The summed E-state index contributed by atoms with van der Waals surface area (Å²) in [5, 5.41) is 0. The molecule has 6 rings (SSSR count). The molecular formula is C25H19N5O2. The number of aryl methyl sites for hydroxylation is 1. The minimum atomic E-state index is -0.815. The molecule has 5 heterocycles. The molecule has 7 heteroatoms. The lowest BCUT2D eigenvalue weighted by Gasteiger charge is -2.33. The predicted octanol–water partition coefficient (Wildman–Crippen LogP) is 4.21. The van der Waals surface area contributed by atoms with Gasteiger partial charge in [-0.25, -0.2) is 4.99 Å². The van der Waals surface area contributed by atoms with Gasteiger partial charge in [-0.2, -0.15) is 0 Å². The summed E-state index contributed by atoms with van der Waals surface area (Å²) in [5.74, 6) is 1.35. The van der Waals surface area contributed by atoms with E-state index in [9.17, 15) is 0 Å². The summed E-state index contributed by atoms with van der Waals surface area (Å²) < 4.78 is 11.9. The molecular weight excluding hydrogens is 402 g/mol. The molecule has 1 aromatic carbocycles. The SMILES string of the molecule is Cc1cncc(-c2ccc3c(c2)[C@@]2(COC(N)=N2)c2cc(-c4ccncc4)ncc2O3)c1. The molecule has 0 amide bonds. The molecule has 0 unspecified atom stereocenters.